The molecule has 0 saturated carbocycles. The minimum Gasteiger partial charge on any atom is -0.356 e. The van der Waals surface area contributed by atoms with Crippen LogP contribution in [0.25, 0.3) is 0 Å². The number of piperidine rings is 2. The number of hydrogen-bond acceptors (Lipinski definition) is 2. The smallest absolute Gasteiger partial charge is 0.226 e. The third-order valence-corrected chi connectivity index (χ3v) is 2.73. The van der Waals surface area contributed by atoms with Gasteiger partial charge in [0.2, 0.25) is 11.8 Å². The van der Waals surface area contributed by atoms with Crippen LogP contribution in [0.15, 0.2) is 12.8 Å². The quantitative estimate of drug-likeness (QED) is 0.732. The molecule has 16 heavy (non-hydrogen) atoms. The van der Waals surface area contributed by atoms with E-state index >= 15 is 0 Å². The SMILES string of the molecule is C=CN1CCCCC1=O.O=C1CCCCN1. The number of rotatable bonds is 1. The van der Waals surface area contributed by atoms with Gasteiger partial charge < -0.3 is 10.2 Å². The summed E-state index contributed by atoms with van der Waals surface area (Å²) in [7, 11) is 0. The van der Waals surface area contributed by atoms with Crippen molar-refractivity contribution in [3.8, 4) is 0 Å². The molecule has 0 aromatic rings. The molecule has 90 valence electrons. The summed E-state index contributed by atoms with van der Waals surface area (Å²) in [6.07, 6.45) is 7.45. The summed E-state index contributed by atoms with van der Waals surface area (Å²) in [5.74, 6) is 0.433. The molecule has 2 saturated heterocycles. The van der Waals surface area contributed by atoms with E-state index in [1.807, 2.05) is 0 Å². The highest BCUT2D eigenvalue weighted by Crippen LogP contribution is 2.09. The molecule has 1 N–H and O–H groups in total. The Balaban J connectivity index is 0.000000165. The van der Waals surface area contributed by atoms with Gasteiger partial charge in [-0.05, 0) is 31.9 Å². The Bertz CT molecular complexity index is 256. The molecular formula is C12H20N2O2. The number of hydrogen-bond donors (Lipinski definition) is 1. The van der Waals surface area contributed by atoms with Gasteiger partial charge >= 0.3 is 0 Å². The highest BCUT2D eigenvalue weighted by Gasteiger charge is 2.13. The van der Waals surface area contributed by atoms with Gasteiger partial charge in [-0.3, -0.25) is 9.59 Å². The van der Waals surface area contributed by atoms with Gasteiger partial charge in [0.15, 0.2) is 0 Å². The lowest BCUT2D eigenvalue weighted by molar-refractivity contribution is -0.130. The first kappa shape index (κ1) is 12.7. The molecule has 2 aliphatic rings. The van der Waals surface area contributed by atoms with Crippen molar-refractivity contribution in [2.75, 3.05) is 13.1 Å². The molecule has 2 aliphatic heterocycles. The molecular weight excluding hydrogens is 204 g/mol. The molecule has 0 spiro atoms. The fourth-order valence-corrected chi connectivity index (χ4v) is 1.75. The Hall–Kier alpha value is -1.32. The lowest BCUT2D eigenvalue weighted by atomic mass is 10.1. The molecule has 2 amide bonds. The van der Waals surface area contributed by atoms with Gasteiger partial charge in [-0.2, -0.15) is 0 Å². The maximum absolute atomic E-state index is 10.9. The van der Waals surface area contributed by atoms with E-state index in [9.17, 15) is 9.59 Å². The van der Waals surface area contributed by atoms with E-state index in [4.69, 9.17) is 0 Å². The van der Waals surface area contributed by atoms with Gasteiger partial charge in [-0.15, -0.1) is 0 Å². The minimum atomic E-state index is 0.214. The zero-order chi connectivity index (χ0) is 11.8. The molecule has 0 atom stereocenters. The van der Waals surface area contributed by atoms with Crippen molar-refractivity contribution in [2.45, 2.75) is 38.5 Å². The highest BCUT2D eigenvalue weighted by molar-refractivity contribution is 5.77. The van der Waals surface area contributed by atoms with E-state index in [2.05, 4.69) is 11.9 Å². The molecule has 4 nitrogen and oxygen atoms in total. The Morgan fingerprint density at radius 1 is 1.12 bits per heavy atom. The first-order valence-corrected chi connectivity index (χ1v) is 5.93. The zero-order valence-electron chi connectivity index (χ0n) is 9.71. The maximum Gasteiger partial charge on any atom is 0.226 e. The monoisotopic (exact) mass is 224 g/mol. The average molecular weight is 224 g/mol. The third kappa shape index (κ3) is 4.47. The van der Waals surface area contributed by atoms with E-state index in [1.54, 1.807) is 11.1 Å². The van der Waals surface area contributed by atoms with E-state index in [-0.39, 0.29) is 11.8 Å². The molecule has 0 radical (unpaired) electrons. The predicted octanol–water partition coefficient (Wildman–Crippen LogP) is 1.43. The minimum absolute atomic E-state index is 0.214. The fourth-order valence-electron chi connectivity index (χ4n) is 1.75. The lowest BCUT2D eigenvalue weighted by Crippen LogP contribution is -2.29. The molecule has 2 heterocycles. The molecule has 0 unspecified atom stereocenters. The van der Waals surface area contributed by atoms with Crippen LogP contribution >= 0.6 is 0 Å². The topological polar surface area (TPSA) is 49.4 Å². The average Bonchev–Trinajstić information content (AvgIpc) is 2.31. The molecule has 2 rings (SSSR count). The van der Waals surface area contributed by atoms with Gasteiger partial charge in [0.05, 0.1) is 0 Å². The predicted molar refractivity (Wildman–Crippen MR) is 62.6 cm³/mol. The number of nitrogens with one attached hydrogen (secondary N) is 1. The molecule has 0 aromatic carbocycles. The van der Waals surface area contributed by atoms with Crippen molar-refractivity contribution in [3.63, 3.8) is 0 Å². The third-order valence-electron chi connectivity index (χ3n) is 2.73. The molecule has 2 fully saturated rings. The van der Waals surface area contributed by atoms with Crippen molar-refractivity contribution in [1.82, 2.24) is 10.2 Å². The van der Waals surface area contributed by atoms with E-state index in [0.29, 0.717) is 6.42 Å². The summed E-state index contributed by atoms with van der Waals surface area (Å²) in [5.41, 5.74) is 0. The number of carbonyl (C=O) groups is 2. The number of nitrogens with zero attached hydrogens (tertiary/aromatic N) is 1. The second-order valence-corrected chi connectivity index (χ2v) is 4.03. The number of carbonyl (C=O) groups excluding carboxylic acids is 2. The normalized spacial score (nSPS) is 20.6. The molecule has 0 aliphatic carbocycles. The van der Waals surface area contributed by atoms with Crippen LogP contribution in [0.3, 0.4) is 0 Å². The van der Waals surface area contributed by atoms with Gasteiger partial charge in [0, 0.05) is 25.9 Å². The van der Waals surface area contributed by atoms with Gasteiger partial charge in [-0.25, -0.2) is 0 Å². The lowest BCUT2D eigenvalue weighted by Gasteiger charge is -2.21. The molecule has 4 heteroatoms. The summed E-state index contributed by atoms with van der Waals surface area (Å²) in [4.78, 5) is 22.9. The summed E-state index contributed by atoms with van der Waals surface area (Å²) in [5, 5.41) is 2.74. The zero-order valence-corrected chi connectivity index (χ0v) is 9.71. The van der Waals surface area contributed by atoms with Crippen LogP contribution in [0.2, 0.25) is 0 Å². The number of amides is 2. The summed E-state index contributed by atoms with van der Waals surface area (Å²) in [6.45, 7) is 5.29. The maximum atomic E-state index is 10.9. The molecule has 0 aromatic heterocycles. The van der Waals surface area contributed by atoms with Crippen LogP contribution in [-0.4, -0.2) is 29.8 Å². The summed E-state index contributed by atoms with van der Waals surface area (Å²) >= 11 is 0. The van der Waals surface area contributed by atoms with E-state index in [0.717, 1.165) is 45.2 Å². The van der Waals surface area contributed by atoms with Crippen LogP contribution in [0, 0.1) is 0 Å². The number of likely N-dealkylation sites (tertiary alicyclic amines) is 1. The Morgan fingerprint density at radius 3 is 2.25 bits per heavy atom. The van der Waals surface area contributed by atoms with Crippen molar-refractivity contribution >= 4 is 11.8 Å². The van der Waals surface area contributed by atoms with Crippen molar-refractivity contribution in [1.29, 1.82) is 0 Å². The van der Waals surface area contributed by atoms with Crippen molar-refractivity contribution < 1.29 is 9.59 Å². The first-order chi connectivity index (χ1) is 7.74. The van der Waals surface area contributed by atoms with Crippen molar-refractivity contribution in [3.05, 3.63) is 12.8 Å². The van der Waals surface area contributed by atoms with Crippen molar-refractivity contribution in [2.24, 2.45) is 0 Å². The highest BCUT2D eigenvalue weighted by atomic mass is 16.2. The summed E-state index contributed by atoms with van der Waals surface area (Å²) < 4.78 is 0. The van der Waals surface area contributed by atoms with Gasteiger partial charge in [0.1, 0.15) is 0 Å². The van der Waals surface area contributed by atoms with Crippen LogP contribution in [-0.2, 0) is 9.59 Å². The van der Waals surface area contributed by atoms with Crippen LogP contribution in [0.4, 0.5) is 0 Å². The van der Waals surface area contributed by atoms with Gasteiger partial charge in [0.25, 0.3) is 0 Å². The Morgan fingerprint density at radius 2 is 1.88 bits per heavy atom. The van der Waals surface area contributed by atoms with Gasteiger partial charge in [-0.1, -0.05) is 6.58 Å². The van der Waals surface area contributed by atoms with Crippen LogP contribution in [0.5, 0.6) is 0 Å². The Labute approximate surface area is 96.7 Å². The van der Waals surface area contributed by atoms with E-state index in [1.165, 1.54) is 0 Å². The first-order valence-electron chi connectivity index (χ1n) is 5.93. The van der Waals surface area contributed by atoms with E-state index < -0.39 is 0 Å². The second-order valence-electron chi connectivity index (χ2n) is 4.03. The summed E-state index contributed by atoms with van der Waals surface area (Å²) in [6, 6.07) is 0. The van der Waals surface area contributed by atoms with Crippen LogP contribution in [0.1, 0.15) is 38.5 Å². The molecule has 0 bridgehead atoms. The second kappa shape index (κ2) is 7.04. The largest absolute Gasteiger partial charge is 0.356 e. The standard InChI is InChI=1S/C7H11NO.C5H9NO/c1-2-8-6-4-3-5-7(8)9;7-5-3-1-2-4-6-5/h2H,1,3-6H2;1-4H2,(H,6,7). The van der Waals surface area contributed by atoms with Crippen LogP contribution < -0.4 is 5.32 Å². The Kier molecular flexibility index (Phi) is 5.61. The fraction of sp³-hybridized carbons (Fsp3) is 0.667.